The van der Waals surface area contributed by atoms with E-state index in [4.69, 9.17) is 4.43 Å². The Labute approximate surface area is 106 Å². The Bertz CT molecular complexity index is 301. The molecule has 0 aromatic rings. The Balaban J connectivity index is 2.09. The van der Waals surface area contributed by atoms with Gasteiger partial charge in [0.15, 0.2) is 8.32 Å². The third-order valence-electron chi connectivity index (χ3n) is 4.21. The molecule has 2 nitrogen and oxygen atoms in total. The summed E-state index contributed by atoms with van der Waals surface area (Å²) in [6.45, 7) is 6.58. The van der Waals surface area contributed by atoms with Crippen LogP contribution in [0, 0.1) is 23.2 Å². The molecule has 0 spiro atoms. The van der Waals surface area contributed by atoms with E-state index in [1.165, 1.54) is 32.1 Å². The van der Waals surface area contributed by atoms with Gasteiger partial charge in [0.25, 0.3) is 0 Å². The molecule has 0 saturated heterocycles. The normalized spacial score (nSPS) is 38.2. The third kappa shape index (κ3) is 3.11. The van der Waals surface area contributed by atoms with Crippen LogP contribution < -0.4 is 0 Å². The lowest BCUT2D eigenvalue weighted by atomic mass is 9.92. The summed E-state index contributed by atoms with van der Waals surface area (Å²) in [6, 6.07) is 2.52. The number of nitrogens with zero attached hydrogens (tertiary/aromatic N) is 1. The molecule has 0 aromatic heterocycles. The molecule has 2 unspecified atom stereocenters. The second-order valence-corrected chi connectivity index (χ2v) is 11.3. The second-order valence-electron chi connectivity index (χ2n) is 6.89. The molecule has 0 N–H and O–H groups in total. The van der Waals surface area contributed by atoms with Crippen molar-refractivity contribution in [2.24, 2.45) is 11.8 Å². The number of nitriles is 1. The fourth-order valence-corrected chi connectivity index (χ4v) is 5.10. The largest absolute Gasteiger partial charge is 0.400 e. The maximum Gasteiger partial charge on any atom is 0.185 e. The first-order valence-corrected chi connectivity index (χ1v) is 10.5. The Morgan fingerprint density at radius 3 is 2.00 bits per heavy atom. The van der Waals surface area contributed by atoms with Crippen LogP contribution in [-0.4, -0.2) is 13.9 Å². The molecular formula is C14H25NOSi. The first-order chi connectivity index (χ1) is 7.94. The molecular weight excluding hydrogens is 226 g/mol. The van der Waals surface area contributed by atoms with Crippen LogP contribution in [0.5, 0.6) is 0 Å². The number of rotatable bonds is 2. The summed E-state index contributed by atoms with van der Waals surface area (Å²) < 4.78 is 6.25. The second kappa shape index (κ2) is 4.74. The molecule has 2 atom stereocenters. The van der Waals surface area contributed by atoms with E-state index in [2.05, 4.69) is 25.7 Å². The van der Waals surface area contributed by atoms with E-state index in [0.29, 0.717) is 0 Å². The Morgan fingerprint density at radius 1 is 1.06 bits per heavy atom. The van der Waals surface area contributed by atoms with Crippen LogP contribution in [0.15, 0.2) is 0 Å². The predicted molar refractivity (Wildman–Crippen MR) is 72.1 cm³/mol. The van der Waals surface area contributed by atoms with Crippen molar-refractivity contribution in [2.75, 3.05) is 0 Å². The number of hydrogen-bond donors (Lipinski definition) is 0. The minimum absolute atomic E-state index is 0.433. The quantitative estimate of drug-likeness (QED) is 0.692. The van der Waals surface area contributed by atoms with E-state index in [-0.39, 0.29) is 0 Å². The van der Waals surface area contributed by atoms with E-state index in [1.807, 2.05) is 0 Å². The van der Waals surface area contributed by atoms with E-state index >= 15 is 0 Å². The summed E-state index contributed by atoms with van der Waals surface area (Å²) in [4.78, 5) is 0. The van der Waals surface area contributed by atoms with Gasteiger partial charge in [0.2, 0.25) is 0 Å². The van der Waals surface area contributed by atoms with Crippen molar-refractivity contribution in [3.05, 3.63) is 0 Å². The fraction of sp³-hybridized carbons (Fsp3) is 0.929. The van der Waals surface area contributed by atoms with Crippen LogP contribution in [0.4, 0.5) is 0 Å². The van der Waals surface area contributed by atoms with E-state index in [0.717, 1.165) is 24.7 Å². The third-order valence-corrected chi connectivity index (χ3v) is 5.21. The molecule has 0 heterocycles. The van der Waals surface area contributed by atoms with Gasteiger partial charge in [0.1, 0.15) is 5.60 Å². The van der Waals surface area contributed by atoms with Crippen LogP contribution in [0.2, 0.25) is 19.6 Å². The van der Waals surface area contributed by atoms with Gasteiger partial charge in [0, 0.05) is 0 Å². The fourth-order valence-electron chi connectivity index (χ4n) is 3.71. The van der Waals surface area contributed by atoms with E-state index < -0.39 is 13.9 Å². The zero-order valence-corrected chi connectivity index (χ0v) is 12.5. The van der Waals surface area contributed by atoms with Gasteiger partial charge in [-0.3, -0.25) is 0 Å². The van der Waals surface area contributed by atoms with Crippen LogP contribution in [0.1, 0.15) is 44.9 Å². The molecule has 2 aliphatic rings. The van der Waals surface area contributed by atoms with Crippen molar-refractivity contribution in [3.8, 4) is 6.07 Å². The van der Waals surface area contributed by atoms with Gasteiger partial charge in [-0.1, -0.05) is 32.1 Å². The van der Waals surface area contributed by atoms with Crippen molar-refractivity contribution in [2.45, 2.75) is 70.2 Å². The highest BCUT2D eigenvalue weighted by atomic mass is 28.4. The Kier molecular flexibility index (Phi) is 3.65. The van der Waals surface area contributed by atoms with Gasteiger partial charge in [-0.25, -0.2) is 0 Å². The SMILES string of the molecule is C[Si](C)(C)OC1(C#N)CC2CCCCCC2C1. The van der Waals surface area contributed by atoms with Crippen LogP contribution in [0.25, 0.3) is 0 Å². The molecule has 96 valence electrons. The number of hydrogen-bond acceptors (Lipinski definition) is 2. The van der Waals surface area contributed by atoms with Crippen LogP contribution in [0.3, 0.4) is 0 Å². The molecule has 0 bridgehead atoms. The number of fused-ring (bicyclic) bond motifs is 1. The highest BCUT2D eigenvalue weighted by molar-refractivity contribution is 6.69. The van der Waals surface area contributed by atoms with Crippen molar-refractivity contribution in [3.63, 3.8) is 0 Å². The molecule has 3 heteroatoms. The lowest BCUT2D eigenvalue weighted by Crippen LogP contribution is -2.40. The van der Waals surface area contributed by atoms with Crippen molar-refractivity contribution >= 4 is 8.32 Å². The maximum atomic E-state index is 9.54. The zero-order valence-electron chi connectivity index (χ0n) is 11.5. The van der Waals surface area contributed by atoms with Gasteiger partial charge in [0.05, 0.1) is 6.07 Å². The summed E-state index contributed by atoms with van der Waals surface area (Å²) in [5.41, 5.74) is -0.433. The molecule has 0 aromatic carbocycles. The lowest BCUT2D eigenvalue weighted by molar-refractivity contribution is 0.118. The predicted octanol–water partition coefficient (Wildman–Crippen LogP) is 4.09. The molecule has 2 saturated carbocycles. The molecule has 2 fully saturated rings. The van der Waals surface area contributed by atoms with Crippen LogP contribution >= 0.6 is 0 Å². The van der Waals surface area contributed by atoms with Gasteiger partial charge >= 0.3 is 0 Å². The first-order valence-electron chi connectivity index (χ1n) is 7.06. The maximum absolute atomic E-state index is 9.54. The van der Waals surface area contributed by atoms with Gasteiger partial charge in [-0.05, 0) is 44.3 Å². The van der Waals surface area contributed by atoms with E-state index in [9.17, 15) is 5.26 Å². The minimum atomic E-state index is -1.61. The molecule has 17 heavy (non-hydrogen) atoms. The smallest absolute Gasteiger partial charge is 0.185 e. The molecule has 0 aliphatic heterocycles. The highest BCUT2D eigenvalue weighted by Crippen LogP contribution is 2.48. The van der Waals surface area contributed by atoms with E-state index in [1.54, 1.807) is 0 Å². The topological polar surface area (TPSA) is 33.0 Å². The monoisotopic (exact) mass is 251 g/mol. The summed E-state index contributed by atoms with van der Waals surface area (Å²) in [6.07, 6.45) is 8.75. The van der Waals surface area contributed by atoms with Crippen molar-refractivity contribution in [1.82, 2.24) is 0 Å². The standard InChI is InChI=1S/C14H25NOSi/c1-17(2,3)16-14(11-15)9-12-7-5-4-6-8-13(12)10-14/h12-13H,4-10H2,1-3H3. The summed E-state index contributed by atoms with van der Waals surface area (Å²) in [7, 11) is -1.61. The summed E-state index contributed by atoms with van der Waals surface area (Å²) in [5, 5.41) is 9.54. The van der Waals surface area contributed by atoms with Gasteiger partial charge in [-0.15, -0.1) is 0 Å². The van der Waals surface area contributed by atoms with Crippen molar-refractivity contribution < 1.29 is 4.43 Å². The zero-order chi connectivity index (χ0) is 12.5. The Morgan fingerprint density at radius 2 is 1.59 bits per heavy atom. The van der Waals surface area contributed by atoms with Gasteiger partial charge < -0.3 is 4.43 Å². The molecule has 2 rings (SSSR count). The molecule has 0 radical (unpaired) electrons. The average molecular weight is 251 g/mol. The average Bonchev–Trinajstić information content (AvgIpc) is 2.41. The highest BCUT2D eigenvalue weighted by Gasteiger charge is 2.48. The minimum Gasteiger partial charge on any atom is -0.400 e. The molecule has 0 amide bonds. The lowest BCUT2D eigenvalue weighted by Gasteiger charge is -2.30. The summed E-state index contributed by atoms with van der Waals surface area (Å²) >= 11 is 0. The Hall–Kier alpha value is -0.333. The van der Waals surface area contributed by atoms with Crippen molar-refractivity contribution in [1.29, 1.82) is 5.26 Å². The van der Waals surface area contributed by atoms with Gasteiger partial charge in [-0.2, -0.15) is 5.26 Å². The van der Waals surface area contributed by atoms with Crippen LogP contribution in [-0.2, 0) is 4.43 Å². The first kappa shape index (κ1) is 13.1. The summed E-state index contributed by atoms with van der Waals surface area (Å²) in [5.74, 6) is 1.52. The molecule has 2 aliphatic carbocycles.